The van der Waals surface area contributed by atoms with Crippen LogP contribution in [0.2, 0.25) is 0 Å². The molecule has 0 bridgehead atoms. The quantitative estimate of drug-likeness (QED) is 0.835. The van der Waals surface area contributed by atoms with Gasteiger partial charge in [-0.3, -0.25) is 0 Å². The molecule has 0 radical (unpaired) electrons. The Balaban J connectivity index is 1.99. The summed E-state index contributed by atoms with van der Waals surface area (Å²) < 4.78 is 0.834. The lowest BCUT2D eigenvalue weighted by Gasteiger charge is -2.32. The van der Waals surface area contributed by atoms with Crippen LogP contribution in [0.15, 0.2) is 16.9 Å². The summed E-state index contributed by atoms with van der Waals surface area (Å²) in [6.07, 6.45) is 2.51. The van der Waals surface area contributed by atoms with Gasteiger partial charge >= 0.3 is 6.09 Å². The predicted molar refractivity (Wildman–Crippen MR) is 61.5 cm³/mol. The SMILES string of the molecule is O=C(O)N1CCN(c2ncc(Br)cn2)CC1. The van der Waals surface area contributed by atoms with Crippen LogP contribution in [-0.4, -0.2) is 52.2 Å². The molecule has 0 saturated carbocycles. The molecular formula is C9H11BrN4O2. The van der Waals surface area contributed by atoms with E-state index in [1.807, 2.05) is 4.90 Å². The van der Waals surface area contributed by atoms with E-state index in [2.05, 4.69) is 25.9 Å². The van der Waals surface area contributed by atoms with Gasteiger partial charge in [0.2, 0.25) is 5.95 Å². The minimum absolute atomic E-state index is 0.495. The number of carbonyl (C=O) groups is 1. The Morgan fingerprint density at radius 1 is 1.25 bits per heavy atom. The molecule has 1 aromatic rings. The zero-order valence-corrected chi connectivity index (χ0v) is 10.1. The third-order valence-electron chi connectivity index (χ3n) is 2.44. The lowest BCUT2D eigenvalue weighted by molar-refractivity contribution is 0.142. The van der Waals surface area contributed by atoms with E-state index >= 15 is 0 Å². The van der Waals surface area contributed by atoms with Crippen molar-refractivity contribution in [3.8, 4) is 0 Å². The highest BCUT2D eigenvalue weighted by Gasteiger charge is 2.21. The van der Waals surface area contributed by atoms with E-state index in [9.17, 15) is 4.79 Å². The lowest BCUT2D eigenvalue weighted by Crippen LogP contribution is -2.48. The van der Waals surface area contributed by atoms with E-state index in [0.29, 0.717) is 32.1 Å². The Morgan fingerprint density at radius 3 is 2.31 bits per heavy atom. The fourth-order valence-electron chi connectivity index (χ4n) is 1.57. The van der Waals surface area contributed by atoms with Crippen LogP contribution < -0.4 is 4.90 Å². The molecule has 1 aliphatic rings. The highest BCUT2D eigenvalue weighted by molar-refractivity contribution is 9.10. The highest BCUT2D eigenvalue weighted by atomic mass is 79.9. The molecule has 2 heterocycles. The number of halogens is 1. The number of anilines is 1. The summed E-state index contributed by atoms with van der Waals surface area (Å²) in [6, 6.07) is 0. The normalized spacial score (nSPS) is 16.3. The van der Waals surface area contributed by atoms with Crippen molar-refractivity contribution >= 4 is 28.0 Å². The van der Waals surface area contributed by atoms with E-state index in [1.165, 1.54) is 4.90 Å². The van der Waals surface area contributed by atoms with E-state index in [4.69, 9.17) is 5.11 Å². The molecule has 1 aliphatic heterocycles. The van der Waals surface area contributed by atoms with Crippen LogP contribution in [-0.2, 0) is 0 Å². The molecule has 0 aliphatic carbocycles. The zero-order valence-electron chi connectivity index (χ0n) is 8.51. The van der Waals surface area contributed by atoms with Crippen molar-refractivity contribution in [1.82, 2.24) is 14.9 Å². The Hall–Kier alpha value is -1.37. The van der Waals surface area contributed by atoms with Gasteiger partial charge < -0.3 is 14.9 Å². The van der Waals surface area contributed by atoms with Crippen molar-refractivity contribution < 1.29 is 9.90 Å². The highest BCUT2D eigenvalue weighted by Crippen LogP contribution is 2.13. The van der Waals surface area contributed by atoms with E-state index in [-0.39, 0.29) is 0 Å². The summed E-state index contributed by atoms with van der Waals surface area (Å²) in [6.45, 7) is 2.26. The van der Waals surface area contributed by atoms with E-state index in [0.717, 1.165) is 4.47 Å². The number of hydrogen-bond donors (Lipinski definition) is 1. The van der Waals surface area contributed by atoms with Gasteiger partial charge in [-0.2, -0.15) is 0 Å². The molecule has 1 saturated heterocycles. The molecule has 86 valence electrons. The molecule has 0 aromatic carbocycles. The largest absolute Gasteiger partial charge is 0.465 e. The third-order valence-corrected chi connectivity index (χ3v) is 2.85. The molecule has 0 atom stereocenters. The average molecular weight is 287 g/mol. The van der Waals surface area contributed by atoms with Gasteiger partial charge in [-0.05, 0) is 15.9 Å². The average Bonchev–Trinajstić information content (AvgIpc) is 2.30. The summed E-state index contributed by atoms with van der Waals surface area (Å²) in [5, 5.41) is 8.80. The second-order valence-electron chi connectivity index (χ2n) is 3.46. The van der Waals surface area contributed by atoms with Gasteiger partial charge in [0.15, 0.2) is 0 Å². The lowest BCUT2D eigenvalue weighted by atomic mass is 10.3. The number of rotatable bonds is 1. The summed E-state index contributed by atoms with van der Waals surface area (Å²) in [5.41, 5.74) is 0. The first-order valence-corrected chi connectivity index (χ1v) is 5.66. The van der Waals surface area contributed by atoms with E-state index < -0.39 is 6.09 Å². The molecule has 0 spiro atoms. The van der Waals surface area contributed by atoms with Gasteiger partial charge in [-0.25, -0.2) is 14.8 Å². The van der Waals surface area contributed by atoms with Crippen molar-refractivity contribution in [3.05, 3.63) is 16.9 Å². The van der Waals surface area contributed by atoms with Crippen LogP contribution in [0.1, 0.15) is 0 Å². The Bertz CT molecular complexity index is 376. The standard InChI is InChI=1S/C9H11BrN4O2/c10-7-5-11-8(12-6-7)13-1-3-14(4-2-13)9(15)16/h5-6H,1-4H2,(H,15,16). The van der Waals surface area contributed by atoms with Gasteiger partial charge in [-0.15, -0.1) is 0 Å². The van der Waals surface area contributed by atoms with E-state index in [1.54, 1.807) is 12.4 Å². The number of nitrogens with zero attached hydrogens (tertiary/aromatic N) is 4. The number of carboxylic acid groups (broad SMARTS) is 1. The third kappa shape index (κ3) is 2.41. The fourth-order valence-corrected chi connectivity index (χ4v) is 1.77. The molecule has 0 unspecified atom stereocenters. The molecule has 2 rings (SSSR count). The van der Waals surface area contributed by atoms with Crippen molar-refractivity contribution in [3.63, 3.8) is 0 Å². The maximum absolute atomic E-state index is 10.7. The second kappa shape index (κ2) is 4.65. The number of hydrogen-bond acceptors (Lipinski definition) is 4. The van der Waals surface area contributed by atoms with Gasteiger partial charge in [-0.1, -0.05) is 0 Å². The number of piperazine rings is 1. The minimum atomic E-state index is -0.864. The minimum Gasteiger partial charge on any atom is -0.465 e. The Labute approximate surface area is 101 Å². The molecule has 16 heavy (non-hydrogen) atoms. The topological polar surface area (TPSA) is 69.6 Å². The fraction of sp³-hybridized carbons (Fsp3) is 0.444. The van der Waals surface area contributed by atoms with Gasteiger partial charge in [0.25, 0.3) is 0 Å². The molecule has 6 nitrogen and oxygen atoms in total. The first-order chi connectivity index (χ1) is 7.66. The summed E-state index contributed by atoms with van der Waals surface area (Å²) in [7, 11) is 0. The zero-order chi connectivity index (χ0) is 11.5. The predicted octanol–water partition coefficient (Wildman–Crippen LogP) is 1.04. The smallest absolute Gasteiger partial charge is 0.407 e. The first-order valence-electron chi connectivity index (χ1n) is 4.87. The number of amides is 1. The second-order valence-corrected chi connectivity index (χ2v) is 4.37. The van der Waals surface area contributed by atoms with Crippen LogP contribution in [0.4, 0.5) is 10.7 Å². The van der Waals surface area contributed by atoms with Crippen molar-refractivity contribution in [1.29, 1.82) is 0 Å². The summed E-state index contributed by atoms with van der Waals surface area (Å²) in [4.78, 5) is 22.4. The van der Waals surface area contributed by atoms with Crippen LogP contribution in [0.5, 0.6) is 0 Å². The van der Waals surface area contributed by atoms with Crippen molar-refractivity contribution in [2.75, 3.05) is 31.1 Å². The van der Waals surface area contributed by atoms with Gasteiger partial charge in [0.05, 0.1) is 4.47 Å². The molecule has 7 heteroatoms. The monoisotopic (exact) mass is 286 g/mol. The van der Waals surface area contributed by atoms with Crippen LogP contribution >= 0.6 is 15.9 Å². The van der Waals surface area contributed by atoms with Crippen LogP contribution in [0, 0.1) is 0 Å². The summed E-state index contributed by atoms with van der Waals surface area (Å²) >= 11 is 3.27. The maximum atomic E-state index is 10.7. The van der Waals surface area contributed by atoms with Gasteiger partial charge in [0.1, 0.15) is 0 Å². The van der Waals surface area contributed by atoms with Crippen LogP contribution in [0.25, 0.3) is 0 Å². The maximum Gasteiger partial charge on any atom is 0.407 e. The molecule has 1 amide bonds. The van der Waals surface area contributed by atoms with Crippen molar-refractivity contribution in [2.24, 2.45) is 0 Å². The molecule has 1 aromatic heterocycles. The molecule has 1 N–H and O–H groups in total. The first kappa shape index (κ1) is 11.1. The van der Waals surface area contributed by atoms with Crippen LogP contribution in [0.3, 0.4) is 0 Å². The molecular weight excluding hydrogens is 276 g/mol. The van der Waals surface area contributed by atoms with Gasteiger partial charge in [0, 0.05) is 38.6 Å². The molecule has 1 fully saturated rings. The Kier molecular flexibility index (Phi) is 3.23. The Morgan fingerprint density at radius 2 is 1.81 bits per heavy atom. The number of aromatic nitrogens is 2. The summed E-state index contributed by atoms with van der Waals surface area (Å²) in [5.74, 6) is 0.647. The van der Waals surface area contributed by atoms with Crippen molar-refractivity contribution in [2.45, 2.75) is 0 Å².